The van der Waals surface area contributed by atoms with Crippen LogP contribution in [0, 0.1) is 13.8 Å². The van der Waals surface area contributed by atoms with Crippen molar-refractivity contribution in [2.75, 3.05) is 5.32 Å². The molecule has 114 valence electrons. The predicted molar refractivity (Wildman–Crippen MR) is 94.2 cm³/mol. The van der Waals surface area contributed by atoms with Gasteiger partial charge in [-0.3, -0.25) is 10.1 Å². The number of amides is 1. The summed E-state index contributed by atoms with van der Waals surface area (Å²) in [6.07, 6.45) is 0.905. The third kappa shape index (κ3) is 2.45. The molecule has 1 aliphatic rings. The van der Waals surface area contributed by atoms with Crippen LogP contribution in [0.2, 0.25) is 0 Å². The third-order valence-electron chi connectivity index (χ3n) is 4.31. The van der Waals surface area contributed by atoms with Crippen LogP contribution in [0.25, 0.3) is 11.3 Å². The molecule has 23 heavy (non-hydrogen) atoms. The first kappa shape index (κ1) is 14.2. The van der Waals surface area contributed by atoms with Gasteiger partial charge in [-0.05, 0) is 42.7 Å². The van der Waals surface area contributed by atoms with Gasteiger partial charge < -0.3 is 0 Å². The van der Waals surface area contributed by atoms with Crippen LogP contribution in [0.15, 0.2) is 42.5 Å². The van der Waals surface area contributed by atoms with E-state index in [-0.39, 0.29) is 5.91 Å². The summed E-state index contributed by atoms with van der Waals surface area (Å²) < 4.78 is 0. The smallest absolute Gasteiger partial charge is 0.257 e. The van der Waals surface area contributed by atoms with Gasteiger partial charge in [0.05, 0.1) is 5.69 Å². The number of benzene rings is 2. The SMILES string of the molecule is Cc1ccc(C(=O)Nc2nc3c(s2)Cc2ccccc2-3)cc1C. The Labute approximate surface area is 139 Å². The molecule has 3 nitrogen and oxygen atoms in total. The normalized spacial score (nSPS) is 11.9. The Morgan fingerprint density at radius 3 is 2.78 bits per heavy atom. The van der Waals surface area contributed by atoms with Crippen LogP contribution in [0.1, 0.15) is 31.9 Å². The van der Waals surface area contributed by atoms with E-state index >= 15 is 0 Å². The molecule has 0 atom stereocenters. The average Bonchev–Trinajstić information content (AvgIpc) is 3.07. The van der Waals surface area contributed by atoms with E-state index in [9.17, 15) is 4.79 Å². The molecule has 1 N–H and O–H groups in total. The minimum Gasteiger partial charge on any atom is -0.298 e. The summed E-state index contributed by atoms with van der Waals surface area (Å²) in [6.45, 7) is 4.06. The predicted octanol–water partition coefficient (Wildman–Crippen LogP) is 4.58. The van der Waals surface area contributed by atoms with Gasteiger partial charge in [0, 0.05) is 22.4 Å². The minimum absolute atomic E-state index is 0.103. The lowest BCUT2D eigenvalue weighted by Gasteiger charge is -2.05. The second kappa shape index (κ2) is 5.32. The lowest BCUT2D eigenvalue weighted by molar-refractivity contribution is 0.102. The lowest BCUT2D eigenvalue weighted by Crippen LogP contribution is -2.12. The molecule has 1 heterocycles. The summed E-state index contributed by atoms with van der Waals surface area (Å²) in [4.78, 5) is 18.3. The number of anilines is 1. The van der Waals surface area contributed by atoms with Crippen LogP contribution in [-0.2, 0) is 6.42 Å². The summed E-state index contributed by atoms with van der Waals surface area (Å²) in [5.74, 6) is -0.103. The molecule has 0 spiro atoms. The number of hydrogen-bond acceptors (Lipinski definition) is 3. The minimum atomic E-state index is -0.103. The van der Waals surface area contributed by atoms with Crippen molar-refractivity contribution in [3.8, 4) is 11.3 Å². The largest absolute Gasteiger partial charge is 0.298 e. The molecule has 0 unspecified atom stereocenters. The van der Waals surface area contributed by atoms with E-state index < -0.39 is 0 Å². The summed E-state index contributed by atoms with van der Waals surface area (Å²) in [6, 6.07) is 14.1. The molecule has 1 amide bonds. The second-order valence-electron chi connectivity index (χ2n) is 5.88. The average molecular weight is 320 g/mol. The zero-order valence-electron chi connectivity index (χ0n) is 13.0. The molecule has 0 fully saturated rings. The van der Waals surface area contributed by atoms with E-state index in [1.807, 2.05) is 38.1 Å². The third-order valence-corrected chi connectivity index (χ3v) is 5.28. The highest BCUT2D eigenvalue weighted by molar-refractivity contribution is 7.16. The maximum absolute atomic E-state index is 12.4. The van der Waals surface area contributed by atoms with Crippen molar-refractivity contribution < 1.29 is 4.79 Å². The molecule has 0 aliphatic heterocycles. The number of thiazole rings is 1. The van der Waals surface area contributed by atoms with Crippen molar-refractivity contribution in [2.45, 2.75) is 20.3 Å². The van der Waals surface area contributed by atoms with Gasteiger partial charge in [-0.15, -0.1) is 11.3 Å². The number of nitrogens with one attached hydrogen (secondary N) is 1. The maximum Gasteiger partial charge on any atom is 0.257 e. The van der Waals surface area contributed by atoms with Crippen LogP contribution in [-0.4, -0.2) is 10.9 Å². The number of hydrogen-bond donors (Lipinski definition) is 1. The highest BCUT2D eigenvalue weighted by Gasteiger charge is 2.23. The Kier molecular flexibility index (Phi) is 3.27. The van der Waals surface area contributed by atoms with Crippen LogP contribution in [0.4, 0.5) is 5.13 Å². The number of carbonyl (C=O) groups is 1. The Bertz CT molecular complexity index is 927. The molecule has 0 saturated heterocycles. The number of aryl methyl sites for hydroxylation is 2. The van der Waals surface area contributed by atoms with Gasteiger partial charge in [-0.1, -0.05) is 30.3 Å². The number of rotatable bonds is 2. The van der Waals surface area contributed by atoms with E-state index in [1.54, 1.807) is 11.3 Å². The highest BCUT2D eigenvalue weighted by Crippen LogP contribution is 2.40. The summed E-state index contributed by atoms with van der Waals surface area (Å²) in [7, 11) is 0. The maximum atomic E-state index is 12.4. The lowest BCUT2D eigenvalue weighted by atomic mass is 10.1. The monoisotopic (exact) mass is 320 g/mol. The first-order chi connectivity index (χ1) is 11.1. The van der Waals surface area contributed by atoms with E-state index in [2.05, 4.69) is 28.5 Å². The molecule has 2 aromatic carbocycles. The molecule has 0 saturated carbocycles. The number of carbonyl (C=O) groups excluding carboxylic acids is 1. The highest BCUT2D eigenvalue weighted by atomic mass is 32.1. The van der Waals surface area contributed by atoms with Crippen molar-refractivity contribution in [1.29, 1.82) is 0 Å². The fourth-order valence-electron chi connectivity index (χ4n) is 2.87. The van der Waals surface area contributed by atoms with Gasteiger partial charge in [-0.2, -0.15) is 0 Å². The van der Waals surface area contributed by atoms with E-state index in [4.69, 9.17) is 0 Å². The summed E-state index contributed by atoms with van der Waals surface area (Å²) in [5, 5.41) is 3.61. The van der Waals surface area contributed by atoms with E-state index in [1.165, 1.54) is 21.6 Å². The van der Waals surface area contributed by atoms with Crippen LogP contribution < -0.4 is 5.32 Å². The van der Waals surface area contributed by atoms with Gasteiger partial charge in [-0.25, -0.2) is 4.98 Å². The molecular formula is C19H16N2OS. The molecule has 0 radical (unpaired) electrons. The van der Waals surface area contributed by atoms with Crippen LogP contribution in [0.5, 0.6) is 0 Å². The van der Waals surface area contributed by atoms with E-state index in [0.717, 1.165) is 17.7 Å². The Hall–Kier alpha value is -2.46. The quantitative estimate of drug-likeness (QED) is 0.587. The van der Waals surface area contributed by atoms with Crippen molar-refractivity contribution in [3.63, 3.8) is 0 Å². The van der Waals surface area contributed by atoms with Crippen molar-refractivity contribution >= 4 is 22.4 Å². The first-order valence-electron chi connectivity index (χ1n) is 7.58. The zero-order chi connectivity index (χ0) is 16.0. The van der Waals surface area contributed by atoms with Crippen molar-refractivity contribution in [3.05, 3.63) is 69.6 Å². The summed E-state index contributed by atoms with van der Waals surface area (Å²) in [5.41, 5.74) is 6.49. The molecule has 4 rings (SSSR count). The fourth-order valence-corrected chi connectivity index (χ4v) is 3.86. The number of fused-ring (bicyclic) bond motifs is 3. The molecule has 4 heteroatoms. The standard InChI is InChI=1S/C19H16N2OS/c1-11-7-8-14(9-12(11)2)18(22)21-19-20-17-15-6-4-3-5-13(15)10-16(17)23-19/h3-9H,10H2,1-2H3,(H,20,21,22). The molecule has 3 aromatic rings. The molecule has 1 aliphatic carbocycles. The van der Waals surface area contributed by atoms with E-state index in [0.29, 0.717) is 10.7 Å². The molecule has 1 aromatic heterocycles. The first-order valence-corrected chi connectivity index (χ1v) is 8.40. The number of nitrogens with zero attached hydrogens (tertiary/aromatic N) is 1. The topological polar surface area (TPSA) is 42.0 Å². The van der Waals surface area contributed by atoms with Gasteiger partial charge in [0.2, 0.25) is 0 Å². The second-order valence-corrected chi connectivity index (χ2v) is 6.96. The van der Waals surface area contributed by atoms with Gasteiger partial charge >= 0.3 is 0 Å². The molecular weight excluding hydrogens is 304 g/mol. The Morgan fingerprint density at radius 1 is 1.13 bits per heavy atom. The number of aromatic nitrogens is 1. The summed E-state index contributed by atoms with van der Waals surface area (Å²) >= 11 is 1.57. The van der Waals surface area contributed by atoms with Crippen LogP contribution in [0.3, 0.4) is 0 Å². The van der Waals surface area contributed by atoms with Crippen molar-refractivity contribution in [1.82, 2.24) is 4.98 Å². The zero-order valence-corrected chi connectivity index (χ0v) is 13.8. The Balaban J connectivity index is 1.59. The fraction of sp³-hybridized carbons (Fsp3) is 0.158. The van der Waals surface area contributed by atoms with Gasteiger partial charge in [0.15, 0.2) is 5.13 Å². The molecule has 0 bridgehead atoms. The Morgan fingerprint density at radius 2 is 1.96 bits per heavy atom. The van der Waals surface area contributed by atoms with Crippen LogP contribution >= 0.6 is 11.3 Å². The van der Waals surface area contributed by atoms with Gasteiger partial charge in [0.1, 0.15) is 0 Å². The van der Waals surface area contributed by atoms with Crippen molar-refractivity contribution in [2.24, 2.45) is 0 Å². The van der Waals surface area contributed by atoms with Gasteiger partial charge in [0.25, 0.3) is 5.91 Å².